The Morgan fingerprint density at radius 3 is 2.44 bits per heavy atom. The molecule has 5 heteroatoms. The molecule has 5 nitrogen and oxygen atoms in total. The van der Waals surface area contributed by atoms with E-state index in [2.05, 4.69) is 5.32 Å². The van der Waals surface area contributed by atoms with Crippen molar-refractivity contribution in [3.05, 3.63) is 65.2 Å². The zero-order valence-electron chi connectivity index (χ0n) is 14.3. The van der Waals surface area contributed by atoms with Gasteiger partial charge in [0.05, 0.1) is 19.3 Å². The van der Waals surface area contributed by atoms with Gasteiger partial charge in [0.15, 0.2) is 0 Å². The van der Waals surface area contributed by atoms with E-state index in [4.69, 9.17) is 4.74 Å². The van der Waals surface area contributed by atoms with Gasteiger partial charge in [0.1, 0.15) is 11.9 Å². The minimum Gasteiger partial charge on any atom is -0.497 e. The van der Waals surface area contributed by atoms with Crippen LogP contribution >= 0.6 is 0 Å². The van der Waals surface area contributed by atoms with E-state index in [-0.39, 0.29) is 11.8 Å². The molecular formula is C20H23NO4. The second-order valence-electron chi connectivity index (χ2n) is 6.49. The third-order valence-electron chi connectivity index (χ3n) is 4.92. The van der Waals surface area contributed by atoms with Crippen LogP contribution in [-0.4, -0.2) is 41.5 Å². The quantitative estimate of drug-likeness (QED) is 0.795. The fourth-order valence-electron chi connectivity index (χ4n) is 3.46. The van der Waals surface area contributed by atoms with Crippen molar-refractivity contribution in [3.63, 3.8) is 0 Å². The summed E-state index contributed by atoms with van der Waals surface area (Å²) in [6, 6.07) is 14.3. The Bertz CT molecular complexity index is 744. The number of carbonyl (C=O) groups is 1. The number of methoxy groups -OCH3 is 1. The molecule has 1 aliphatic carbocycles. The Balaban J connectivity index is 1.83. The highest BCUT2D eigenvalue weighted by atomic mass is 16.5. The smallest absolute Gasteiger partial charge is 0.251 e. The summed E-state index contributed by atoms with van der Waals surface area (Å²) in [7, 11) is 1.60. The topological polar surface area (TPSA) is 78.8 Å². The van der Waals surface area contributed by atoms with Crippen LogP contribution in [-0.2, 0) is 0 Å². The third kappa shape index (κ3) is 3.52. The standard InChI is InChI=1S/C20H23NO4/c1-12-5-3-4-6-15(12)20(24)21-18-16(11-17(22)19(18)23)13-7-9-14(25-2)10-8-13/h3-10,16-19,22-23H,11H2,1-2H3,(H,21,24)/t16-,17-,18-,19-/m1/s1. The first-order valence-corrected chi connectivity index (χ1v) is 8.38. The van der Waals surface area contributed by atoms with Gasteiger partial charge in [0, 0.05) is 11.5 Å². The number of amides is 1. The summed E-state index contributed by atoms with van der Waals surface area (Å²) in [5.74, 6) is 0.335. The van der Waals surface area contributed by atoms with Crippen molar-refractivity contribution in [2.75, 3.05) is 7.11 Å². The number of nitrogens with one attached hydrogen (secondary N) is 1. The number of hydrogen-bond acceptors (Lipinski definition) is 4. The first kappa shape index (κ1) is 17.5. The van der Waals surface area contributed by atoms with Crippen LogP contribution in [0.2, 0.25) is 0 Å². The maximum absolute atomic E-state index is 12.6. The van der Waals surface area contributed by atoms with Crippen molar-refractivity contribution in [1.82, 2.24) is 5.32 Å². The van der Waals surface area contributed by atoms with Gasteiger partial charge in [-0.2, -0.15) is 0 Å². The molecule has 0 radical (unpaired) electrons. The van der Waals surface area contributed by atoms with Crippen molar-refractivity contribution < 1.29 is 19.7 Å². The van der Waals surface area contributed by atoms with Crippen molar-refractivity contribution in [3.8, 4) is 5.75 Å². The third-order valence-corrected chi connectivity index (χ3v) is 4.92. The summed E-state index contributed by atoms with van der Waals surface area (Å²) in [5.41, 5.74) is 2.39. The molecule has 0 heterocycles. The summed E-state index contributed by atoms with van der Waals surface area (Å²) in [6.45, 7) is 1.87. The summed E-state index contributed by atoms with van der Waals surface area (Å²) < 4.78 is 5.17. The predicted molar refractivity (Wildman–Crippen MR) is 94.8 cm³/mol. The lowest BCUT2D eigenvalue weighted by Crippen LogP contribution is -2.45. The van der Waals surface area contributed by atoms with E-state index in [0.717, 1.165) is 16.9 Å². The lowest BCUT2D eigenvalue weighted by molar-refractivity contribution is 0.0294. The first-order valence-electron chi connectivity index (χ1n) is 8.38. The molecule has 0 bridgehead atoms. The molecule has 0 unspecified atom stereocenters. The SMILES string of the molecule is COc1ccc([C@H]2C[C@@H](O)[C@@H](O)[C@@H]2NC(=O)c2ccccc2C)cc1. The number of aliphatic hydroxyl groups excluding tert-OH is 2. The van der Waals surface area contributed by atoms with Gasteiger partial charge in [-0.3, -0.25) is 4.79 Å². The van der Waals surface area contributed by atoms with Crippen LogP contribution in [0.4, 0.5) is 0 Å². The lowest BCUT2D eigenvalue weighted by Gasteiger charge is -2.24. The zero-order chi connectivity index (χ0) is 18.0. The molecular weight excluding hydrogens is 318 g/mol. The summed E-state index contributed by atoms with van der Waals surface area (Å²) in [4.78, 5) is 12.6. The predicted octanol–water partition coefficient (Wildman–Crippen LogP) is 2.01. The van der Waals surface area contributed by atoms with E-state index in [1.165, 1.54) is 0 Å². The lowest BCUT2D eigenvalue weighted by atomic mass is 9.93. The molecule has 0 aromatic heterocycles. The summed E-state index contributed by atoms with van der Waals surface area (Å²) in [6.07, 6.45) is -1.47. The maximum Gasteiger partial charge on any atom is 0.251 e. The molecule has 3 N–H and O–H groups in total. The van der Waals surface area contributed by atoms with Gasteiger partial charge in [0.25, 0.3) is 5.91 Å². The Hall–Kier alpha value is -2.37. The van der Waals surface area contributed by atoms with Gasteiger partial charge in [0.2, 0.25) is 0 Å². The average molecular weight is 341 g/mol. The monoisotopic (exact) mass is 341 g/mol. The Labute approximate surface area is 147 Å². The molecule has 2 aromatic carbocycles. The molecule has 4 atom stereocenters. The summed E-state index contributed by atoms with van der Waals surface area (Å²) >= 11 is 0. The Kier molecular flexibility index (Phi) is 5.06. The number of rotatable bonds is 4. The number of aryl methyl sites for hydroxylation is 1. The van der Waals surface area contributed by atoms with Crippen LogP contribution < -0.4 is 10.1 Å². The molecule has 1 saturated carbocycles. The molecule has 0 saturated heterocycles. The largest absolute Gasteiger partial charge is 0.497 e. The van der Waals surface area contributed by atoms with E-state index in [9.17, 15) is 15.0 Å². The molecule has 1 amide bonds. The van der Waals surface area contributed by atoms with Crippen LogP contribution in [0.1, 0.15) is 33.8 Å². The number of carbonyl (C=O) groups excluding carboxylic acids is 1. The fraction of sp³-hybridized carbons (Fsp3) is 0.350. The minimum absolute atomic E-state index is 0.163. The molecule has 25 heavy (non-hydrogen) atoms. The zero-order valence-corrected chi connectivity index (χ0v) is 14.3. The highest BCUT2D eigenvalue weighted by Crippen LogP contribution is 2.36. The number of aliphatic hydroxyl groups is 2. The number of ether oxygens (including phenoxy) is 1. The normalized spacial score (nSPS) is 25.6. The van der Waals surface area contributed by atoms with E-state index in [0.29, 0.717) is 12.0 Å². The van der Waals surface area contributed by atoms with Crippen LogP contribution in [0.5, 0.6) is 5.75 Å². The number of benzene rings is 2. The average Bonchev–Trinajstić information content (AvgIpc) is 2.90. The van der Waals surface area contributed by atoms with Gasteiger partial charge < -0.3 is 20.3 Å². The summed E-state index contributed by atoms with van der Waals surface area (Å²) in [5, 5.41) is 23.4. The van der Waals surface area contributed by atoms with Gasteiger partial charge in [-0.1, -0.05) is 30.3 Å². The van der Waals surface area contributed by atoms with Gasteiger partial charge in [-0.25, -0.2) is 0 Å². The molecule has 0 aliphatic heterocycles. The van der Waals surface area contributed by atoms with Gasteiger partial charge >= 0.3 is 0 Å². The Morgan fingerprint density at radius 2 is 1.80 bits per heavy atom. The van der Waals surface area contributed by atoms with Crippen LogP contribution in [0, 0.1) is 6.92 Å². The first-order chi connectivity index (χ1) is 12.0. The highest BCUT2D eigenvalue weighted by Gasteiger charge is 2.43. The molecule has 132 valence electrons. The second kappa shape index (κ2) is 7.25. The van der Waals surface area contributed by atoms with Crippen LogP contribution in [0.15, 0.2) is 48.5 Å². The number of hydrogen-bond donors (Lipinski definition) is 3. The molecule has 1 aliphatic rings. The van der Waals surface area contributed by atoms with Crippen molar-refractivity contribution in [2.45, 2.75) is 37.5 Å². The Morgan fingerprint density at radius 1 is 1.12 bits per heavy atom. The van der Waals surface area contributed by atoms with Crippen molar-refractivity contribution in [2.24, 2.45) is 0 Å². The van der Waals surface area contributed by atoms with Gasteiger partial charge in [-0.15, -0.1) is 0 Å². The maximum atomic E-state index is 12.6. The van der Waals surface area contributed by atoms with Crippen LogP contribution in [0.3, 0.4) is 0 Å². The fourth-order valence-corrected chi connectivity index (χ4v) is 3.46. The molecule has 1 fully saturated rings. The molecule has 0 spiro atoms. The molecule has 2 aromatic rings. The molecule has 3 rings (SSSR count). The van der Waals surface area contributed by atoms with E-state index in [1.54, 1.807) is 13.2 Å². The van der Waals surface area contributed by atoms with Crippen molar-refractivity contribution >= 4 is 5.91 Å². The van der Waals surface area contributed by atoms with E-state index < -0.39 is 18.2 Å². The van der Waals surface area contributed by atoms with E-state index in [1.807, 2.05) is 49.4 Å². The van der Waals surface area contributed by atoms with E-state index >= 15 is 0 Å². The van der Waals surface area contributed by atoms with Gasteiger partial charge in [-0.05, 0) is 42.7 Å². The highest BCUT2D eigenvalue weighted by molar-refractivity contribution is 5.95. The van der Waals surface area contributed by atoms with Crippen LogP contribution in [0.25, 0.3) is 0 Å². The van der Waals surface area contributed by atoms with Crippen molar-refractivity contribution in [1.29, 1.82) is 0 Å². The second-order valence-corrected chi connectivity index (χ2v) is 6.49. The minimum atomic E-state index is -1.000.